The summed E-state index contributed by atoms with van der Waals surface area (Å²) in [6.45, 7) is 2.77. The molecule has 1 N–H and O–H groups in total. The van der Waals surface area contributed by atoms with Gasteiger partial charge in [-0.1, -0.05) is 60.2 Å². The molecule has 3 heteroatoms. The van der Waals surface area contributed by atoms with E-state index in [2.05, 4.69) is 36.7 Å². The Labute approximate surface area is 131 Å². The third-order valence-corrected chi connectivity index (χ3v) is 4.46. The van der Waals surface area contributed by atoms with Crippen LogP contribution in [0.15, 0.2) is 54.6 Å². The van der Waals surface area contributed by atoms with Gasteiger partial charge in [-0.15, -0.1) is 0 Å². The number of nitrogens with one attached hydrogen (secondary N) is 1. The van der Waals surface area contributed by atoms with Crippen LogP contribution in [0.3, 0.4) is 0 Å². The van der Waals surface area contributed by atoms with Gasteiger partial charge in [0.05, 0.1) is 7.11 Å². The molecule has 2 aromatic rings. The Morgan fingerprint density at radius 1 is 1.09 bits per heavy atom. The van der Waals surface area contributed by atoms with Crippen LogP contribution in [0, 0.1) is 18.8 Å². The molecule has 1 aliphatic carbocycles. The van der Waals surface area contributed by atoms with E-state index in [9.17, 15) is 4.79 Å². The van der Waals surface area contributed by atoms with Gasteiger partial charge in [-0.05, 0) is 24.3 Å². The fourth-order valence-corrected chi connectivity index (χ4v) is 3.20. The highest BCUT2D eigenvalue weighted by molar-refractivity contribution is 6.00. The summed E-state index contributed by atoms with van der Waals surface area (Å²) in [6.07, 6.45) is 0. The second-order valence-electron chi connectivity index (χ2n) is 5.91. The summed E-state index contributed by atoms with van der Waals surface area (Å²) in [5.41, 5.74) is 6.18. The van der Waals surface area contributed by atoms with E-state index in [1.54, 1.807) is 7.11 Å². The molecule has 0 radical (unpaired) electrons. The van der Waals surface area contributed by atoms with E-state index < -0.39 is 0 Å². The summed E-state index contributed by atoms with van der Waals surface area (Å²) in [5, 5.41) is 0. The Bertz CT molecular complexity index is 636. The van der Waals surface area contributed by atoms with Crippen molar-refractivity contribution in [1.29, 1.82) is 0 Å². The Morgan fingerprint density at radius 2 is 1.77 bits per heavy atom. The van der Waals surface area contributed by atoms with Crippen LogP contribution in [-0.4, -0.2) is 19.4 Å². The fraction of sp³-hybridized carbons (Fsp3) is 0.316. The molecule has 0 spiro atoms. The fourth-order valence-electron chi connectivity index (χ4n) is 3.20. The van der Waals surface area contributed by atoms with Crippen molar-refractivity contribution in [2.75, 3.05) is 13.7 Å². The summed E-state index contributed by atoms with van der Waals surface area (Å²) in [6, 6.07) is 18.1. The van der Waals surface area contributed by atoms with Crippen molar-refractivity contribution in [2.45, 2.75) is 12.8 Å². The average molecular weight is 295 g/mol. The van der Waals surface area contributed by atoms with Gasteiger partial charge in [-0.3, -0.25) is 4.79 Å². The van der Waals surface area contributed by atoms with Gasteiger partial charge >= 0.3 is 0 Å². The van der Waals surface area contributed by atoms with E-state index >= 15 is 0 Å². The molecule has 22 heavy (non-hydrogen) atoms. The Hall–Kier alpha value is -1.97. The van der Waals surface area contributed by atoms with Crippen LogP contribution in [0.1, 0.15) is 27.4 Å². The minimum Gasteiger partial charge on any atom is -0.305 e. The molecule has 0 heterocycles. The number of hydroxylamine groups is 1. The normalized spacial score (nSPS) is 23.3. The van der Waals surface area contributed by atoms with Crippen LogP contribution >= 0.6 is 0 Å². The summed E-state index contributed by atoms with van der Waals surface area (Å²) in [5.74, 6) is 0.827. The number of hydrogen-bond acceptors (Lipinski definition) is 3. The molecule has 3 atom stereocenters. The summed E-state index contributed by atoms with van der Waals surface area (Å²) >= 11 is 0. The van der Waals surface area contributed by atoms with Crippen molar-refractivity contribution in [1.82, 2.24) is 5.48 Å². The van der Waals surface area contributed by atoms with Crippen LogP contribution < -0.4 is 5.48 Å². The van der Waals surface area contributed by atoms with Gasteiger partial charge in [0, 0.05) is 18.0 Å². The lowest BCUT2D eigenvalue weighted by Crippen LogP contribution is -2.17. The third-order valence-electron chi connectivity index (χ3n) is 4.46. The summed E-state index contributed by atoms with van der Waals surface area (Å²) in [4.78, 5) is 17.7. The molecule has 1 fully saturated rings. The Balaban J connectivity index is 1.81. The van der Waals surface area contributed by atoms with Gasteiger partial charge in [-0.2, -0.15) is 0 Å². The highest BCUT2D eigenvalue weighted by Gasteiger charge is 2.54. The van der Waals surface area contributed by atoms with E-state index in [0.717, 1.165) is 5.56 Å². The molecular weight excluding hydrogens is 274 g/mol. The van der Waals surface area contributed by atoms with E-state index in [1.807, 2.05) is 30.3 Å². The summed E-state index contributed by atoms with van der Waals surface area (Å²) in [7, 11) is 1.61. The van der Waals surface area contributed by atoms with Crippen molar-refractivity contribution in [3.63, 3.8) is 0 Å². The molecule has 0 saturated heterocycles. The van der Waals surface area contributed by atoms with E-state index in [4.69, 9.17) is 4.84 Å². The van der Waals surface area contributed by atoms with Crippen molar-refractivity contribution < 1.29 is 9.63 Å². The van der Waals surface area contributed by atoms with Crippen LogP contribution in [0.4, 0.5) is 0 Å². The zero-order valence-electron chi connectivity index (χ0n) is 13.0. The lowest BCUT2D eigenvalue weighted by Gasteiger charge is -2.02. The van der Waals surface area contributed by atoms with Crippen LogP contribution in [0.2, 0.25) is 0 Å². The van der Waals surface area contributed by atoms with Crippen molar-refractivity contribution in [3.8, 4) is 0 Å². The first-order chi connectivity index (χ1) is 10.7. The predicted molar refractivity (Wildman–Crippen MR) is 86.7 cm³/mol. The van der Waals surface area contributed by atoms with Crippen LogP contribution in [0.25, 0.3) is 0 Å². The monoisotopic (exact) mass is 295 g/mol. The second-order valence-corrected chi connectivity index (χ2v) is 5.91. The quantitative estimate of drug-likeness (QED) is 0.656. The molecule has 3 nitrogen and oxygen atoms in total. The third kappa shape index (κ3) is 2.96. The molecule has 1 saturated carbocycles. The SMILES string of the molecule is CONCC1C(C(=O)c2ccccc2)C1c1ccc(C)cc1. The van der Waals surface area contributed by atoms with Gasteiger partial charge in [0.2, 0.25) is 0 Å². The second kappa shape index (κ2) is 6.42. The zero-order valence-corrected chi connectivity index (χ0v) is 13.0. The maximum atomic E-state index is 12.8. The molecule has 0 aliphatic heterocycles. The summed E-state index contributed by atoms with van der Waals surface area (Å²) < 4.78 is 0. The first-order valence-electron chi connectivity index (χ1n) is 7.64. The molecule has 114 valence electrons. The highest BCUT2D eigenvalue weighted by Crippen LogP contribution is 2.55. The molecule has 0 aromatic heterocycles. The Kier molecular flexibility index (Phi) is 4.36. The van der Waals surface area contributed by atoms with Crippen molar-refractivity contribution in [2.24, 2.45) is 11.8 Å². The maximum Gasteiger partial charge on any atom is 0.166 e. The maximum absolute atomic E-state index is 12.8. The number of benzene rings is 2. The minimum absolute atomic E-state index is 0.0350. The number of rotatable bonds is 6. The van der Waals surface area contributed by atoms with Gasteiger partial charge in [-0.25, -0.2) is 5.48 Å². The number of hydrogen-bond donors (Lipinski definition) is 1. The Morgan fingerprint density at radius 3 is 2.41 bits per heavy atom. The topological polar surface area (TPSA) is 38.3 Å². The first-order valence-corrected chi connectivity index (χ1v) is 7.64. The first kappa shape index (κ1) is 14.9. The predicted octanol–water partition coefficient (Wildman–Crippen LogP) is 3.36. The molecule has 3 unspecified atom stereocenters. The number of carbonyl (C=O) groups excluding carboxylic acids is 1. The van der Waals surface area contributed by atoms with Crippen molar-refractivity contribution in [3.05, 3.63) is 71.3 Å². The number of ketones is 1. The highest BCUT2D eigenvalue weighted by atomic mass is 16.6. The van der Waals surface area contributed by atoms with E-state index in [-0.39, 0.29) is 23.5 Å². The van der Waals surface area contributed by atoms with Crippen molar-refractivity contribution >= 4 is 5.78 Å². The molecule has 0 amide bonds. The standard InChI is InChI=1S/C19H21NO2/c1-13-8-10-14(11-9-13)17-16(12-20-22-2)18(17)19(21)15-6-4-3-5-7-15/h3-11,16-18,20H,12H2,1-2H3. The van der Waals surface area contributed by atoms with Gasteiger partial charge < -0.3 is 4.84 Å². The number of Topliss-reactive ketones (excluding diaryl/α,β-unsaturated/α-hetero) is 1. The van der Waals surface area contributed by atoms with E-state index in [1.165, 1.54) is 11.1 Å². The smallest absolute Gasteiger partial charge is 0.166 e. The molecule has 2 aromatic carbocycles. The molecule has 1 aliphatic rings. The van der Waals surface area contributed by atoms with Gasteiger partial charge in [0.25, 0.3) is 0 Å². The van der Waals surface area contributed by atoms with Gasteiger partial charge in [0.1, 0.15) is 0 Å². The minimum atomic E-state index is 0.0350. The number of carbonyl (C=O) groups is 1. The largest absolute Gasteiger partial charge is 0.305 e. The molecular formula is C19H21NO2. The lowest BCUT2D eigenvalue weighted by atomic mass is 10.0. The average Bonchev–Trinajstić information content (AvgIpc) is 3.28. The number of aryl methyl sites for hydroxylation is 1. The zero-order chi connectivity index (χ0) is 15.5. The molecule has 3 rings (SSSR count). The molecule has 0 bridgehead atoms. The van der Waals surface area contributed by atoms with Crippen LogP contribution in [0.5, 0.6) is 0 Å². The lowest BCUT2D eigenvalue weighted by molar-refractivity contribution is 0.0841. The van der Waals surface area contributed by atoms with Crippen LogP contribution in [-0.2, 0) is 4.84 Å². The van der Waals surface area contributed by atoms with Gasteiger partial charge in [0.15, 0.2) is 5.78 Å². The van der Waals surface area contributed by atoms with E-state index in [0.29, 0.717) is 6.54 Å².